The van der Waals surface area contributed by atoms with Gasteiger partial charge in [0, 0.05) is 24.2 Å². The fourth-order valence-corrected chi connectivity index (χ4v) is 1.65. The van der Waals surface area contributed by atoms with Gasteiger partial charge in [-0.05, 0) is 6.07 Å². The second-order valence-corrected chi connectivity index (χ2v) is 3.52. The molecular formula is C9H6N2O2S. The van der Waals surface area contributed by atoms with Gasteiger partial charge in [0.05, 0.1) is 16.0 Å². The lowest BCUT2D eigenvalue weighted by atomic mass is 10.2. The number of rotatable bonds is 2. The van der Waals surface area contributed by atoms with Crippen molar-refractivity contribution in [1.82, 2.24) is 9.97 Å². The summed E-state index contributed by atoms with van der Waals surface area (Å²) in [6.07, 6.45) is 4.64. The van der Waals surface area contributed by atoms with E-state index in [0.717, 1.165) is 10.4 Å². The molecule has 2 heterocycles. The third kappa shape index (κ3) is 1.62. The number of carboxylic acid groups (broad SMARTS) is 1. The Balaban J connectivity index is 2.46. The van der Waals surface area contributed by atoms with E-state index in [-0.39, 0.29) is 5.56 Å². The van der Waals surface area contributed by atoms with Crippen molar-refractivity contribution in [2.24, 2.45) is 0 Å². The highest BCUT2D eigenvalue weighted by Gasteiger charge is 2.06. The van der Waals surface area contributed by atoms with Gasteiger partial charge in [0.15, 0.2) is 0 Å². The Bertz CT molecular complexity index is 454. The summed E-state index contributed by atoms with van der Waals surface area (Å²) in [5.41, 5.74) is 2.67. The summed E-state index contributed by atoms with van der Waals surface area (Å²) in [6.45, 7) is 0. The van der Waals surface area contributed by atoms with Crippen LogP contribution in [0.2, 0.25) is 0 Å². The van der Waals surface area contributed by atoms with E-state index in [0.29, 0.717) is 0 Å². The van der Waals surface area contributed by atoms with Gasteiger partial charge < -0.3 is 5.11 Å². The maximum atomic E-state index is 10.7. The maximum Gasteiger partial charge on any atom is 0.337 e. The fraction of sp³-hybridized carbons (Fsp3) is 0. The molecule has 2 rings (SSSR count). The molecule has 0 bridgehead atoms. The van der Waals surface area contributed by atoms with Gasteiger partial charge in [-0.3, -0.25) is 9.97 Å². The highest BCUT2D eigenvalue weighted by atomic mass is 32.1. The van der Waals surface area contributed by atoms with Crippen molar-refractivity contribution >= 4 is 17.3 Å². The van der Waals surface area contributed by atoms with Gasteiger partial charge in [0.1, 0.15) is 0 Å². The third-order valence-corrected chi connectivity index (χ3v) is 2.52. The number of thiazole rings is 1. The summed E-state index contributed by atoms with van der Waals surface area (Å²) >= 11 is 1.45. The Kier molecular flexibility index (Phi) is 2.24. The molecule has 14 heavy (non-hydrogen) atoms. The Morgan fingerprint density at radius 2 is 2.14 bits per heavy atom. The molecule has 2 aromatic heterocycles. The number of hydrogen-bond acceptors (Lipinski definition) is 4. The van der Waals surface area contributed by atoms with Crippen LogP contribution >= 0.6 is 11.3 Å². The smallest absolute Gasteiger partial charge is 0.337 e. The lowest BCUT2D eigenvalue weighted by Crippen LogP contribution is -1.96. The number of carbonyl (C=O) groups is 1. The zero-order chi connectivity index (χ0) is 9.97. The molecule has 0 aliphatic heterocycles. The lowest BCUT2D eigenvalue weighted by molar-refractivity contribution is 0.0696. The first kappa shape index (κ1) is 8.83. The van der Waals surface area contributed by atoms with Gasteiger partial charge >= 0.3 is 5.97 Å². The minimum atomic E-state index is -0.969. The average molecular weight is 206 g/mol. The first-order chi connectivity index (χ1) is 6.77. The number of aromatic carboxylic acids is 1. The van der Waals surface area contributed by atoms with Crippen molar-refractivity contribution in [2.45, 2.75) is 0 Å². The molecule has 0 fully saturated rings. The summed E-state index contributed by atoms with van der Waals surface area (Å²) in [5.74, 6) is -0.969. The van der Waals surface area contributed by atoms with E-state index < -0.39 is 5.97 Å². The van der Waals surface area contributed by atoms with E-state index in [1.54, 1.807) is 24.0 Å². The summed E-state index contributed by atoms with van der Waals surface area (Å²) in [5, 5.41) is 8.75. The minimum absolute atomic E-state index is 0.191. The molecule has 5 heteroatoms. The Labute approximate surface area is 83.9 Å². The topological polar surface area (TPSA) is 63.1 Å². The Morgan fingerprint density at radius 1 is 1.29 bits per heavy atom. The predicted octanol–water partition coefficient (Wildman–Crippen LogP) is 1.90. The molecule has 0 aromatic carbocycles. The zero-order valence-corrected chi connectivity index (χ0v) is 7.86. The van der Waals surface area contributed by atoms with Crippen molar-refractivity contribution in [1.29, 1.82) is 0 Å². The number of aromatic nitrogens is 2. The third-order valence-electron chi connectivity index (χ3n) is 1.70. The second-order valence-electron chi connectivity index (χ2n) is 2.63. The predicted molar refractivity (Wildman–Crippen MR) is 52.3 cm³/mol. The van der Waals surface area contributed by atoms with Crippen molar-refractivity contribution in [2.75, 3.05) is 0 Å². The summed E-state index contributed by atoms with van der Waals surface area (Å²) in [6, 6.07) is 1.59. The van der Waals surface area contributed by atoms with E-state index in [1.165, 1.54) is 17.5 Å². The van der Waals surface area contributed by atoms with E-state index in [1.807, 2.05) is 0 Å². The lowest BCUT2D eigenvalue weighted by Gasteiger charge is -1.97. The van der Waals surface area contributed by atoms with Crippen LogP contribution in [0, 0.1) is 0 Å². The van der Waals surface area contributed by atoms with Crippen LogP contribution < -0.4 is 0 Å². The monoisotopic (exact) mass is 206 g/mol. The molecule has 0 atom stereocenters. The molecule has 0 spiro atoms. The fourth-order valence-electron chi connectivity index (χ4n) is 1.05. The molecule has 70 valence electrons. The number of carboxylic acids is 1. The highest BCUT2D eigenvalue weighted by molar-refractivity contribution is 7.13. The molecule has 0 amide bonds. The number of nitrogens with zero attached hydrogens (tertiary/aromatic N) is 2. The van der Waals surface area contributed by atoms with Crippen LogP contribution in [0.25, 0.3) is 10.4 Å². The molecule has 0 saturated heterocycles. The normalized spacial score (nSPS) is 10.0. The van der Waals surface area contributed by atoms with Gasteiger partial charge in [0.25, 0.3) is 0 Å². The van der Waals surface area contributed by atoms with Crippen molar-refractivity contribution < 1.29 is 9.90 Å². The molecule has 0 radical (unpaired) electrons. The second kappa shape index (κ2) is 3.55. The summed E-state index contributed by atoms with van der Waals surface area (Å²) in [4.78, 5) is 19.4. The number of pyridine rings is 1. The molecule has 0 unspecified atom stereocenters. The van der Waals surface area contributed by atoms with E-state index in [4.69, 9.17) is 5.11 Å². The van der Waals surface area contributed by atoms with Crippen LogP contribution in [-0.4, -0.2) is 21.0 Å². The average Bonchev–Trinajstić information content (AvgIpc) is 2.71. The van der Waals surface area contributed by atoms with Gasteiger partial charge in [-0.25, -0.2) is 4.79 Å². The SMILES string of the molecule is O=C(O)c1cncc(-c2cncs2)c1. The molecule has 0 aliphatic rings. The Morgan fingerprint density at radius 3 is 2.79 bits per heavy atom. The Hall–Kier alpha value is -1.75. The summed E-state index contributed by atoms with van der Waals surface area (Å²) in [7, 11) is 0. The highest BCUT2D eigenvalue weighted by Crippen LogP contribution is 2.22. The minimum Gasteiger partial charge on any atom is -0.478 e. The van der Waals surface area contributed by atoms with Gasteiger partial charge in [-0.1, -0.05) is 0 Å². The van der Waals surface area contributed by atoms with Crippen LogP contribution in [0.3, 0.4) is 0 Å². The molecule has 4 nitrogen and oxygen atoms in total. The van der Waals surface area contributed by atoms with Crippen LogP contribution in [0.5, 0.6) is 0 Å². The van der Waals surface area contributed by atoms with Crippen LogP contribution in [0.4, 0.5) is 0 Å². The quantitative estimate of drug-likeness (QED) is 0.815. The molecule has 0 aliphatic carbocycles. The summed E-state index contributed by atoms with van der Waals surface area (Å²) < 4.78 is 0. The molecule has 2 aromatic rings. The maximum absolute atomic E-state index is 10.7. The largest absolute Gasteiger partial charge is 0.478 e. The first-order valence-electron chi connectivity index (χ1n) is 3.84. The molecular weight excluding hydrogens is 200 g/mol. The standard InChI is InChI=1S/C9H6N2O2S/c12-9(13)7-1-6(2-10-3-7)8-4-11-5-14-8/h1-5H,(H,12,13). The molecule has 1 N–H and O–H groups in total. The van der Waals surface area contributed by atoms with Crippen LogP contribution in [0.1, 0.15) is 10.4 Å². The van der Waals surface area contributed by atoms with Crippen LogP contribution in [-0.2, 0) is 0 Å². The van der Waals surface area contributed by atoms with Crippen molar-refractivity contribution in [3.05, 3.63) is 35.7 Å². The van der Waals surface area contributed by atoms with E-state index in [9.17, 15) is 4.79 Å². The van der Waals surface area contributed by atoms with Crippen LogP contribution in [0.15, 0.2) is 30.2 Å². The van der Waals surface area contributed by atoms with Crippen molar-refractivity contribution in [3.8, 4) is 10.4 Å². The first-order valence-corrected chi connectivity index (χ1v) is 4.72. The number of hydrogen-bond donors (Lipinski definition) is 1. The van der Waals surface area contributed by atoms with E-state index >= 15 is 0 Å². The van der Waals surface area contributed by atoms with Gasteiger partial charge in [-0.15, -0.1) is 11.3 Å². The van der Waals surface area contributed by atoms with E-state index in [2.05, 4.69) is 9.97 Å². The molecule has 0 saturated carbocycles. The van der Waals surface area contributed by atoms with Gasteiger partial charge in [0.2, 0.25) is 0 Å². The zero-order valence-electron chi connectivity index (χ0n) is 7.04. The van der Waals surface area contributed by atoms with Crippen molar-refractivity contribution in [3.63, 3.8) is 0 Å². The van der Waals surface area contributed by atoms with Gasteiger partial charge in [-0.2, -0.15) is 0 Å².